The van der Waals surface area contributed by atoms with Crippen molar-refractivity contribution in [2.24, 2.45) is 5.92 Å². The van der Waals surface area contributed by atoms with Crippen LogP contribution in [-0.2, 0) is 9.59 Å². The van der Waals surface area contributed by atoms with E-state index in [2.05, 4.69) is 20.6 Å². The third-order valence-electron chi connectivity index (χ3n) is 2.05. The van der Waals surface area contributed by atoms with Gasteiger partial charge in [0.1, 0.15) is 6.04 Å². The number of H-pyrrole nitrogens is 1. The third kappa shape index (κ3) is 3.38. The second-order valence-electron chi connectivity index (χ2n) is 3.85. The lowest BCUT2D eigenvalue weighted by molar-refractivity contribution is -0.126. The zero-order valence-electron chi connectivity index (χ0n) is 9.57. The summed E-state index contributed by atoms with van der Waals surface area (Å²) in [5, 5.41) is 5.19. The summed E-state index contributed by atoms with van der Waals surface area (Å²) in [7, 11) is 0. The number of nitrogens with zero attached hydrogens (tertiary/aromatic N) is 1. The average molecular weight is 224 g/mol. The third-order valence-corrected chi connectivity index (χ3v) is 2.05. The van der Waals surface area contributed by atoms with Gasteiger partial charge < -0.3 is 10.3 Å². The molecule has 0 radical (unpaired) electrons. The first-order valence-corrected chi connectivity index (χ1v) is 5.08. The zero-order valence-corrected chi connectivity index (χ0v) is 9.57. The summed E-state index contributed by atoms with van der Waals surface area (Å²) in [5.41, 5.74) is 0. The Morgan fingerprint density at radius 2 is 2.12 bits per heavy atom. The minimum atomic E-state index is -0.553. The summed E-state index contributed by atoms with van der Waals surface area (Å²) in [4.78, 5) is 29.4. The van der Waals surface area contributed by atoms with Gasteiger partial charge in [0, 0.05) is 19.3 Å². The first-order valence-electron chi connectivity index (χ1n) is 5.08. The highest BCUT2D eigenvalue weighted by atomic mass is 16.2. The fourth-order valence-corrected chi connectivity index (χ4v) is 1.28. The Balaban J connectivity index is 2.64. The van der Waals surface area contributed by atoms with Crippen LogP contribution in [0.2, 0.25) is 0 Å². The van der Waals surface area contributed by atoms with Gasteiger partial charge in [-0.05, 0) is 5.92 Å². The molecule has 1 rings (SSSR count). The van der Waals surface area contributed by atoms with Gasteiger partial charge in [-0.3, -0.25) is 14.9 Å². The number of imidazole rings is 1. The van der Waals surface area contributed by atoms with Gasteiger partial charge in [0.25, 0.3) is 0 Å². The lowest BCUT2D eigenvalue weighted by atomic mass is 10.0. The van der Waals surface area contributed by atoms with Crippen molar-refractivity contribution in [1.29, 1.82) is 0 Å². The smallest absolute Gasteiger partial charge is 0.249 e. The van der Waals surface area contributed by atoms with Crippen molar-refractivity contribution in [1.82, 2.24) is 15.3 Å². The molecule has 1 aromatic rings. The van der Waals surface area contributed by atoms with Crippen LogP contribution in [0.5, 0.6) is 0 Å². The molecule has 6 nitrogen and oxygen atoms in total. The lowest BCUT2D eigenvalue weighted by Crippen LogP contribution is -2.46. The van der Waals surface area contributed by atoms with E-state index in [0.29, 0.717) is 5.95 Å². The Labute approximate surface area is 93.8 Å². The number of carbonyl (C=O) groups is 2. The van der Waals surface area contributed by atoms with Crippen LogP contribution in [0.25, 0.3) is 0 Å². The molecule has 16 heavy (non-hydrogen) atoms. The number of anilines is 1. The van der Waals surface area contributed by atoms with Crippen molar-refractivity contribution in [2.75, 3.05) is 5.32 Å². The van der Waals surface area contributed by atoms with Crippen molar-refractivity contribution in [3.8, 4) is 0 Å². The molecule has 1 heterocycles. The van der Waals surface area contributed by atoms with E-state index >= 15 is 0 Å². The van der Waals surface area contributed by atoms with Crippen LogP contribution in [0.3, 0.4) is 0 Å². The molecule has 0 fully saturated rings. The molecule has 3 N–H and O–H groups in total. The number of nitrogens with one attached hydrogen (secondary N) is 3. The predicted molar refractivity (Wildman–Crippen MR) is 59.7 cm³/mol. The number of hydrogen-bond acceptors (Lipinski definition) is 3. The summed E-state index contributed by atoms with van der Waals surface area (Å²) in [6.45, 7) is 5.11. The van der Waals surface area contributed by atoms with Crippen molar-refractivity contribution < 1.29 is 9.59 Å². The summed E-state index contributed by atoms with van der Waals surface area (Å²) < 4.78 is 0. The molecule has 0 bridgehead atoms. The summed E-state index contributed by atoms with van der Waals surface area (Å²) in [6, 6.07) is -0.553. The number of rotatable bonds is 4. The molecule has 0 aliphatic carbocycles. The highest BCUT2D eigenvalue weighted by Gasteiger charge is 2.23. The van der Waals surface area contributed by atoms with Crippen LogP contribution < -0.4 is 10.6 Å². The molecule has 6 heteroatoms. The minimum absolute atomic E-state index is 0.0128. The highest BCUT2D eigenvalue weighted by Crippen LogP contribution is 2.05. The van der Waals surface area contributed by atoms with E-state index in [1.807, 2.05) is 13.8 Å². The van der Waals surface area contributed by atoms with Crippen LogP contribution >= 0.6 is 0 Å². The lowest BCUT2D eigenvalue weighted by Gasteiger charge is -2.20. The first kappa shape index (κ1) is 12.2. The molecule has 0 aliphatic rings. The monoisotopic (exact) mass is 224 g/mol. The van der Waals surface area contributed by atoms with Crippen molar-refractivity contribution >= 4 is 17.8 Å². The first-order chi connectivity index (χ1) is 7.50. The van der Waals surface area contributed by atoms with Crippen molar-refractivity contribution in [3.63, 3.8) is 0 Å². The maximum atomic E-state index is 11.8. The zero-order chi connectivity index (χ0) is 12.1. The highest BCUT2D eigenvalue weighted by molar-refractivity contribution is 5.95. The Hall–Kier alpha value is -1.85. The number of amides is 2. The Morgan fingerprint density at radius 3 is 2.56 bits per heavy atom. The van der Waals surface area contributed by atoms with Crippen molar-refractivity contribution in [2.45, 2.75) is 26.8 Å². The maximum absolute atomic E-state index is 11.8. The number of carbonyl (C=O) groups excluding carboxylic acids is 2. The van der Waals surface area contributed by atoms with E-state index in [1.165, 1.54) is 6.92 Å². The van der Waals surface area contributed by atoms with Gasteiger partial charge in [-0.1, -0.05) is 13.8 Å². The van der Waals surface area contributed by atoms with Crippen LogP contribution in [0.4, 0.5) is 5.95 Å². The second-order valence-corrected chi connectivity index (χ2v) is 3.85. The number of aromatic nitrogens is 2. The Bertz CT molecular complexity index is 359. The molecule has 0 spiro atoms. The summed E-state index contributed by atoms with van der Waals surface area (Å²) in [5.74, 6) is -0.117. The molecule has 0 aromatic carbocycles. The molecule has 1 atom stereocenters. The van der Waals surface area contributed by atoms with E-state index in [1.54, 1.807) is 12.4 Å². The quantitative estimate of drug-likeness (QED) is 0.696. The van der Waals surface area contributed by atoms with Crippen LogP contribution in [0, 0.1) is 5.92 Å². The molecular weight excluding hydrogens is 208 g/mol. The van der Waals surface area contributed by atoms with Gasteiger partial charge in [-0.15, -0.1) is 0 Å². The van der Waals surface area contributed by atoms with E-state index in [0.717, 1.165) is 0 Å². The topological polar surface area (TPSA) is 86.9 Å². The van der Waals surface area contributed by atoms with E-state index < -0.39 is 6.04 Å². The second kappa shape index (κ2) is 5.29. The van der Waals surface area contributed by atoms with Gasteiger partial charge in [0.2, 0.25) is 17.8 Å². The van der Waals surface area contributed by atoms with Gasteiger partial charge in [-0.2, -0.15) is 0 Å². The fraction of sp³-hybridized carbons (Fsp3) is 0.500. The fourth-order valence-electron chi connectivity index (χ4n) is 1.28. The minimum Gasteiger partial charge on any atom is -0.344 e. The normalized spacial score (nSPS) is 12.2. The van der Waals surface area contributed by atoms with Gasteiger partial charge in [-0.25, -0.2) is 4.98 Å². The van der Waals surface area contributed by atoms with Crippen LogP contribution in [0.1, 0.15) is 20.8 Å². The largest absolute Gasteiger partial charge is 0.344 e. The molecule has 1 unspecified atom stereocenters. The number of aromatic amines is 1. The Kier molecular flexibility index (Phi) is 4.04. The molecule has 0 aliphatic heterocycles. The van der Waals surface area contributed by atoms with Crippen LogP contribution in [-0.4, -0.2) is 27.8 Å². The molecule has 1 aromatic heterocycles. The summed E-state index contributed by atoms with van der Waals surface area (Å²) >= 11 is 0. The predicted octanol–water partition coefficient (Wildman–Crippen LogP) is 0.509. The van der Waals surface area contributed by atoms with E-state index in [-0.39, 0.29) is 17.7 Å². The van der Waals surface area contributed by atoms with Crippen molar-refractivity contribution in [3.05, 3.63) is 12.4 Å². The van der Waals surface area contributed by atoms with Gasteiger partial charge in [0.05, 0.1) is 0 Å². The molecular formula is C10H16N4O2. The number of hydrogen-bond donors (Lipinski definition) is 3. The van der Waals surface area contributed by atoms with Gasteiger partial charge >= 0.3 is 0 Å². The molecule has 0 saturated heterocycles. The SMILES string of the molecule is CC(=O)NC(C(=O)Nc1ncc[nH]1)C(C)C. The summed E-state index contributed by atoms with van der Waals surface area (Å²) in [6.07, 6.45) is 3.15. The van der Waals surface area contributed by atoms with Gasteiger partial charge in [0.15, 0.2) is 0 Å². The average Bonchev–Trinajstić information content (AvgIpc) is 2.65. The maximum Gasteiger partial charge on any atom is 0.249 e. The molecule has 0 saturated carbocycles. The van der Waals surface area contributed by atoms with E-state index in [4.69, 9.17) is 0 Å². The Morgan fingerprint density at radius 1 is 1.44 bits per heavy atom. The standard InChI is InChI=1S/C10H16N4O2/c1-6(2)8(13-7(3)15)9(16)14-10-11-4-5-12-10/h4-6,8H,1-3H3,(H,13,15)(H2,11,12,14,16). The molecule has 2 amide bonds. The van der Waals surface area contributed by atoms with E-state index in [9.17, 15) is 9.59 Å². The van der Waals surface area contributed by atoms with Crippen LogP contribution in [0.15, 0.2) is 12.4 Å². The molecule has 88 valence electrons.